The highest BCUT2D eigenvalue weighted by molar-refractivity contribution is 7.07. The van der Waals surface area contributed by atoms with Crippen LogP contribution in [0.4, 0.5) is 0 Å². The van der Waals surface area contributed by atoms with E-state index in [4.69, 9.17) is 4.84 Å². The van der Waals surface area contributed by atoms with Crippen LogP contribution >= 0.6 is 11.3 Å². The summed E-state index contributed by atoms with van der Waals surface area (Å²) in [6.07, 6.45) is 0. The number of hydrogen-bond acceptors (Lipinski definition) is 4. The molecule has 2 rings (SSSR count). The largest absolute Gasteiger partial charge is 0.272 e. The van der Waals surface area contributed by atoms with Crippen LogP contribution in [0.25, 0.3) is 0 Å². The monoisotopic (exact) mass is 212 g/mol. The van der Waals surface area contributed by atoms with Gasteiger partial charge in [0.1, 0.15) is 0 Å². The first-order valence-electron chi connectivity index (χ1n) is 4.41. The van der Waals surface area contributed by atoms with Crippen LogP contribution in [0.1, 0.15) is 19.5 Å². The smallest absolute Gasteiger partial charge is 0.254 e. The maximum absolute atomic E-state index is 11.7. The van der Waals surface area contributed by atoms with Crippen LogP contribution in [0.5, 0.6) is 0 Å². The molecule has 0 saturated carbocycles. The predicted octanol–water partition coefficient (Wildman–Crippen LogP) is 1.44. The summed E-state index contributed by atoms with van der Waals surface area (Å²) >= 11 is 1.52. The highest BCUT2D eigenvalue weighted by Gasteiger charge is 2.40. The van der Waals surface area contributed by atoms with Gasteiger partial charge in [0.05, 0.1) is 29.8 Å². The lowest BCUT2D eigenvalue weighted by molar-refractivity contribution is -0.165. The zero-order chi connectivity index (χ0) is 10.2. The molecule has 76 valence electrons. The van der Waals surface area contributed by atoms with Gasteiger partial charge in [0.15, 0.2) is 0 Å². The third-order valence-electron chi connectivity index (χ3n) is 2.18. The molecule has 14 heavy (non-hydrogen) atoms. The van der Waals surface area contributed by atoms with Crippen molar-refractivity contribution >= 4 is 17.2 Å². The minimum Gasteiger partial charge on any atom is -0.272 e. The molecule has 5 heteroatoms. The van der Waals surface area contributed by atoms with Gasteiger partial charge in [0.2, 0.25) is 0 Å². The number of thiazole rings is 1. The number of hydrogen-bond donors (Lipinski definition) is 0. The Kier molecular flexibility index (Phi) is 2.28. The predicted molar refractivity (Wildman–Crippen MR) is 52.4 cm³/mol. The molecule has 1 saturated heterocycles. The molecule has 1 aromatic rings. The minimum atomic E-state index is -0.393. The van der Waals surface area contributed by atoms with Gasteiger partial charge >= 0.3 is 0 Å². The molecular weight excluding hydrogens is 200 g/mol. The Hall–Kier alpha value is -0.940. The lowest BCUT2D eigenvalue weighted by Gasteiger charge is -2.14. The van der Waals surface area contributed by atoms with Gasteiger partial charge < -0.3 is 0 Å². The van der Waals surface area contributed by atoms with Crippen LogP contribution in [-0.2, 0) is 16.2 Å². The van der Waals surface area contributed by atoms with Gasteiger partial charge in [-0.1, -0.05) is 0 Å². The topological polar surface area (TPSA) is 42.4 Å². The summed E-state index contributed by atoms with van der Waals surface area (Å²) in [5.41, 5.74) is 2.23. The van der Waals surface area contributed by atoms with E-state index in [9.17, 15) is 4.79 Å². The van der Waals surface area contributed by atoms with Crippen molar-refractivity contribution in [3.63, 3.8) is 0 Å². The van der Waals surface area contributed by atoms with Crippen LogP contribution < -0.4 is 0 Å². The number of hydroxylamine groups is 2. The van der Waals surface area contributed by atoms with Gasteiger partial charge in [-0.2, -0.15) is 0 Å². The molecule has 1 aromatic heterocycles. The van der Waals surface area contributed by atoms with E-state index in [0.29, 0.717) is 13.2 Å². The fourth-order valence-corrected chi connectivity index (χ4v) is 1.83. The molecule has 0 unspecified atom stereocenters. The second-order valence-corrected chi connectivity index (χ2v) is 4.70. The van der Waals surface area contributed by atoms with E-state index in [1.54, 1.807) is 5.51 Å². The number of carbonyl (C=O) groups is 1. The van der Waals surface area contributed by atoms with Gasteiger partial charge in [-0.05, 0) is 13.8 Å². The van der Waals surface area contributed by atoms with E-state index in [0.717, 1.165) is 5.69 Å². The van der Waals surface area contributed by atoms with Gasteiger partial charge in [-0.3, -0.25) is 9.63 Å². The number of rotatable bonds is 2. The fourth-order valence-electron chi connectivity index (χ4n) is 1.28. The first-order chi connectivity index (χ1) is 6.59. The molecule has 0 atom stereocenters. The van der Waals surface area contributed by atoms with Gasteiger partial charge in [0.25, 0.3) is 5.91 Å². The van der Waals surface area contributed by atoms with E-state index < -0.39 is 5.41 Å². The third-order valence-corrected chi connectivity index (χ3v) is 2.81. The first-order valence-corrected chi connectivity index (χ1v) is 5.36. The molecule has 0 spiro atoms. The Morgan fingerprint density at radius 3 is 3.00 bits per heavy atom. The van der Waals surface area contributed by atoms with Gasteiger partial charge in [-0.15, -0.1) is 11.3 Å². The summed E-state index contributed by atoms with van der Waals surface area (Å²) < 4.78 is 0. The van der Waals surface area contributed by atoms with E-state index in [1.807, 2.05) is 19.2 Å². The van der Waals surface area contributed by atoms with Gasteiger partial charge in [-0.25, -0.2) is 10.0 Å². The highest BCUT2D eigenvalue weighted by atomic mass is 32.1. The lowest BCUT2D eigenvalue weighted by atomic mass is 9.95. The zero-order valence-electron chi connectivity index (χ0n) is 8.19. The highest BCUT2D eigenvalue weighted by Crippen LogP contribution is 2.27. The molecule has 0 aromatic carbocycles. The summed E-state index contributed by atoms with van der Waals surface area (Å²) in [4.78, 5) is 21.1. The molecule has 4 nitrogen and oxygen atoms in total. The molecule has 0 aliphatic carbocycles. The normalized spacial score (nSPS) is 20.4. The van der Waals surface area contributed by atoms with Crippen LogP contribution in [0.2, 0.25) is 0 Å². The van der Waals surface area contributed by atoms with Crippen molar-refractivity contribution in [1.29, 1.82) is 0 Å². The van der Waals surface area contributed by atoms with Crippen molar-refractivity contribution in [1.82, 2.24) is 10.0 Å². The average Bonchev–Trinajstić information content (AvgIpc) is 2.70. The standard InChI is InChI=1S/C9H12N2O2S/c1-9(2)5-13-11(8(9)12)3-7-4-14-6-10-7/h4,6H,3,5H2,1-2H3. The SMILES string of the molecule is CC1(C)CON(Cc2cscn2)C1=O. The Bertz CT molecular complexity index is 335. The van der Waals surface area contributed by atoms with Crippen molar-refractivity contribution in [3.05, 3.63) is 16.6 Å². The lowest BCUT2D eigenvalue weighted by Crippen LogP contribution is -2.30. The van der Waals surface area contributed by atoms with Crippen molar-refractivity contribution < 1.29 is 9.63 Å². The summed E-state index contributed by atoms with van der Waals surface area (Å²) in [6, 6.07) is 0. The Labute approximate surface area is 86.5 Å². The van der Waals surface area contributed by atoms with Gasteiger partial charge in [0, 0.05) is 5.38 Å². The fraction of sp³-hybridized carbons (Fsp3) is 0.556. The number of carbonyl (C=O) groups excluding carboxylic acids is 1. The maximum Gasteiger partial charge on any atom is 0.254 e. The molecule has 1 fully saturated rings. The van der Waals surface area contributed by atoms with E-state index >= 15 is 0 Å². The second kappa shape index (κ2) is 3.33. The minimum absolute atomic E-state index is 0.0329. The molecule has 0 N–H and O–H groups in total. The summed E-state index contributed by atoms with van der Waals surface area (Å²) in [7, 11) is 0. The Morgan fingerprint density at radius 1 is 1.71 bits per heavy atom. The van der Waals surface area contributed by atoms with Crippen LogP contribution in [0.15, 0.2) is 10.9 Å². The zero-order valence-corrected chi connectivity index (χ0v) is 9.00. The summed E-state index contributed by atoms with van der Waals surface area (Å²) in [5.74, 6) is 0.0329. The molecule has 0 bridgehead atoms. The quantitative estimate of drug-likeness (QED) is 0.745. The summed E-state index contributed by atoms with van der Waals surface area (Å²) in [6.45, 7) is 4.68. The van der Waals surface area contributed by atoms with Crippen molar-refractivity contribution in [2.45, 2.75) is 20.4 Å². The number of aromatic nitrogens is 1. The molecule has 1 aliphatic rings. The molecule has 0 radical (unpaired) electrons. The van der Waals surface area contributed by atoms with E-state index in [1.165, 1.54) is 16.4 Å². The number of nitrogens with zero attached hydrogens (tertiary/aromatic N) is 2. The van der Waals surface area contributed by atoms with Crippen molar-refractivity contribution in [3.8, 4) is 0 Å². The molecule has 2 heterocycles. The molecule has 1 aliphatic heterocycles. The summed E-state index contributed by atoms with van der Waals surface area (Å²) in [5, 5.41) is 3.32. The third kappa shape index (κ3) is 1.65. The van der Waals surface area contributed by atoms with Crippen LogP contribution in [-0.4, -0.2) is 22.6 Å². The Balaban J connectivity index is 2.05. The molecule has 1 amide bonds. The maximum atomic E-state index is 11.7. The van der Waals surface area contributed by atoms with Crippen LogP contribution in [0.3, 0.4) is 0 Å². The van der Waals surface area contributed by atoms with E-state index in [-0.39, 0.29) is 5.91 Å². The first kappa shape index (κ1) is 9.61. The number of amides is 1. The molecular formula is C9H12N2O2S. The average molecular weight is 212 g/mol. The van der Waals surface area contributed by atoms with E-state index in [2.05, 4.69) is 4.98 Å². The van der Waals surface area contributed by atoms with Crippen molar-refractivity contribution in [2.24, 2.45) is 5.41 Å². The van der Waals surface area contributed by atoms with Crippen LogP contribution in [0, 0.1) is 5.41 Å². The Morgan fingerprint density at radius 2 is 2.50 bits per heavy atom. The van der Waals surface area contributed by atoms with Crippen molar-refractivity contribution in [2.75, 3.05) is 6.61 Å². The second-order valence-electron chi connectivity index (χ2n) is 3.98.